The number of aryl methyl sites for hydroxylation is 2. The van der Waals surface area contributed by atoms with Crippen molar-refractivity contribution in [3.8, 4) is 0 Å². The highest BCUT2D eigenvalue weighted by atomic mass is 16.2. The molecule has 1 aliphatic heterocycles. The summed E-state index contributed by atoms with van der Waals surface area (Å²) in [6.45, 7) is 7.78. The van der Waals surface area contributed by atoms with Crippen LogP contribution in [-0.2, 0) is 24.3 Å². The van der Waals surface area contributed by atoms with E-state index in [0.717, 1.165) is 57.2 Å². The number of likely N-dealkylation sites (tertiary alicyclic amines) is 1. The molecule has 0 bridgehead atoms. The number of carbonyl (C=O) groups is 1. The monoisotopic (exact) mass is 410 g/mol. The normalized spacial score (nSPS) is 16.7. The Morgan fingerprint density at radius 2 is 2.10 bits per heavy atom. The molecule has 30 heavy (non-hydrogen) atoms. The van der Waals surface area contributed by atoms with Crippen molar-refractivity contribution in [3.05, 3.63) is 54.1 Å². The minimum absolute atomic E-state index is 0.221. The highest BCUT2D eigenvalue weighted by Crippen LogP contribution is 2.11. The van der Waals surface area contributed by atoms with Crippen molar-refractivity contribution in [2.24, 2.45) is 4.99 Å². The van der Waals surface area contributed by atoms with Crippen LogP contribution in [0.25, 0.3) is 0 Å². The topological polar surface area (TPSA) is 74.6 Å². The minimum Gasteiger partial charge on any atom is -0.357 e. The average Bonchev–Trinajstić information content (AvgIpc) is 3.42. The molecule has 1 aromatic carbocycles. The first-order valence-electron chi connectivity index (χ1n) is 11.1. The van der Waals surface area contributed by atoms with E-state index in [1.165, 1.54) is 5.56 Å². The third-order valence-corrected chi connectivity index (χ3v) is 5.42. The number of aliphatic imine (C=N–C) groups is 1. The zero-order valence-electron chi connectivity index (χ0n) is 18.2. The van der Waals surface area contributed by atoms with Crippen molar-refractivity contribution < 1.29 is 4.79 Å². The number of amides is 1. The highest BCUT2D eigenvalue weighted by molar-refractivity contribution is 5.80. The predicted molar refractivity (Wildman–Crippen MR) is 120 cm³/mol. The summed E-state index contributed by atoms with van der Waals surface area (Å²) in [5.41, 5.74) is 1.36. The van der Waals surface area contributed by atoms with Gasteiger partial charge in [-0.15, -0.1) is 0 Å². The first kappa shape index (κ1) is 21.9. The molecule has 1 atom stereocenters. The number of hydrogen-bond acceptors (Lipinski definition) is 3. The summed E-state index contributed by atoms with van der Waals surface area (Å²) in [6, 6.07) is 10.8. The molecule has 0 aliphatic carbocycles. The number of hydrogen-bond donors (Lipinski definition) is 2. The van der Waals surface area contributed by atoms with Crippen molar-refractivity contribution in [1.29, 1.82) is 0 Å². The van der Waals surface area contributed by atoms with E-state index >= 15 is 0 Å². The quantitative estimate of drug-likeness (QED) is 0.492. The van der Waals surface area contributed by atoms with Crippen molar-refractivity contribution >= 4 is 11.9 Å². The van der Waals surface area contributed by atoms with Crippen LogP contribution in [0.5, 0.6) is 0 Å². The van der Waals surface area contributed by atoms with Gasteiger partial charge in [-0.2, -0.15) is 0 Å². The van der Waals surface area contributed by atoms with Crippen molar-refractivity contribution in [3.63, 3.8) is 0 Å². The fraction of sp³-hybridized carbons (Fsp3) is 0.522. The molecular formula is C23H34N6O. The highest BCUT2D eigenvalue weighted by Gasteiger charge is 2.25. The van der Waals surface area contributed by atoms with Gasteiger partial charge in [0.15, 0.2) is 5.96 Å². The Morgan fingerprint density at radius 3 is 2.87 bits per heavy atom. The van der Waals surface area contributed by atoms with Crippen LogP contribution < -0.4 is 10.6 Å². The van der Waals surface area contributed by atoms with Gasteiger partial charge in [-0.3, -0.25) is 4.79 Å². The molecule has 162 valence electrons. The lowest BCUT2D eigenvalue weighted by molar-refractivity contribution is -0.129. The van der Waals surface area contributed by atoms with Crippen molar-refractivity contribution in [2.45, 2.75) is 58.7 Å². The van der Waals surface area contributed by atoms with Gasteiger partial charge in [-0.05, 0) is 31.7 Å². The Bertz CT molecular complexity index is 816. The van der Waals surface area contributed by atoms with E-state index in [4.69, 9.17) is 4.99 Å². The summed E-state index contributed by atoms with van der Waals surface area (Å²) in [5, 5.41) is 6.79. The van der Waals surface area contributed by atoms with E-state index in [9.17, 15) is 4.79 Å². The van der Waals surface area contributed by atoms with Crippen LogP contribution >= 0.6 is 0 Å². The summed E-state index contributed by atoms with van der Waals surface area (Å²) in [6.07, 6.45) is 7.51. The van der Waals surface area contributed by atoms with Gasteiger partial charge in [0.1, 0.15) is 12.4 Å². The molecule has 2 aromatic rings. The molecule has 7 heteroatoms. The summed E-state index contributed by atoms with van der Waals surface area (Å²) >= 11 is 0. The molecule has 1 fully saturated rings. The Balaban J connectivity index is 1.52. The molecule has 1 aromatic heterocycles. The molecule has 1 saturated heterocycles. The lowest BCUT2D eigenvalue weighted by atomic mass is 10.1. The van der Waals surface area contributed by atoms with Crippen LogP contribution in [0.2, 0.25) is 0 Å². The van der Waals surface area contributed by atoms with Crippen LogP contribution in [0.1, 0.15) is 44.5 Å². The number of aromatic nitrogens is 2. The maximum Gasteiger partial charge on any atom is 0.222 e. The fourth-order valence-electron chi connectivity index (χ4n) is 3.78. The number of nitrogens with zero attached hydrogens (tertiary/aromatic N) is 4. The van der Waals surface area contributed by atoms with Crippen LogP contribution in [0.4, 0.5) is 0 Å². The standard InChI is InChI=1S/C23H34N6O/c1-3-22(30)29-15-12-20(18-29)27-23(24-4-2)26-17-21-25-13-16-28(21)14-8-11-19-9-6-5-7-10-19/h5-7,9-10,13,16,20H,3-4,8,11-12,14-15,17-18H2,1-2H3,(H2,24,26,27). The van der Waals surface area contributed by atoms with E-state index in [1.54, 1.807) is 0 Å². The second-order valence-electron chi connectivity index (χ2n) is 7.64. The summed E-state index contributed by atoms with van der Waals surface area (Å²) in [4.78, 5) is 23.1. The zero-order chi connectivity index (χ0) is 21.2. The van der Waals surface area contributed by atoms with Crippen LogP contribution in [-0.4, -0.2) is 52.0 Å². The Labute approximate surface area is 179 Å². The average molecular weight is 411 g/mol. The fourth-order valence-corrected chi connectivity index (χ4v) is 3.78. The van der Waals surface area contributed by atoms with Gasteiger partial charge >= 0.3 is 0 Å². The summed E-state index contributed by atoms with van der Waals surface area (Å²) in [5.74, 6) is 1.97. The van der Waals surface area contributed by atoms with Gasteiger partial charge in [-0.25, -0.2) is 9.98 Å². The van der Waals surface area contributed by atoms with E-state index in [0.29, 0.717) is 13.0 Å². The van der Waals surface area contributed by atoms with Gasteiger partial charge in [-0.1, -0.05) is 37.3 Å². The lowest BCUT2D eigenvalue weighted by Gasteiger charge is -2.18. The maximum atomic E-state index is 11.9. The Hall–Kier alpha value is -2.83. The smallest absolute Gasteiger partial charge is 0.222 e. The molecule has 1 aliphatic rings. The second kappa shape index (κ2) is 11.4. The van der Waals surface area contributed by atoms with Crippen molar-refractivity contribution in [2.75, 3.05) is 19.6 Å². The number of rotatable bonds is 9. The number of imidazole rings is 1. The van der Waals surface area contributed by atoms with Crippen LogP contribution in [0.3, 0.4) is 0 Å². The van der Waals surface area contributed by atoms with E-state index in [-0.39, 0.29) is 11.9 Å². The molecule has 2 heterocycles. The number of guanidine groups is 1. The third kappa shape index (κ3) is 6.34. The van der Waals surface area contributed by atoms with Gasteiger partial charge in [0, 0.05) is 51.0 Å². The van der Waals surface area contributed by atoms with Gasteiger partial charge in [0.2, 0.25) is 5.91 Å². The van der Waals surface area contributed by atoms with E-state index in [1.807, 2.05) is 24.2 Å². The Morgan fingerprint density at radius 1 is 1.27 bits per heavy atom. The van der Waals surface area contributed by atoms with Crippen LogP contribution in [0, 0.1) is 0 Å². The molecule has 2 N–H and O–H groups in total. The lowest BCUT2D eigenvalue weighted by Crippen LogP contribution is -2.45. The molecular weight excluding hydrogens is 376 g/mol. The first-order chi connectivity index (χ1) is 14.7. The van der Waals surface area contributed by atoms with Gasteiger partial charge < -0.3 is 20.1 Å². The van der Waals surface area contributed by atoms with Gasteiger partial charge in [0.25, 0.3) is 0 Å². The maximum absolute atomic E-state index is 11.9. The Kier molecular flexibility index (Phi) is 8.30. The first-order valence-corrected chi connectivity index (χ1v) is 11.1. The van der Waals surface area contributed by atoms with E-state index in [2.05, 4.69) is 57.4 Å². The second-order valence-corrected chi connectivity index (χ2v) is 7.64. The molecule has 0 spiro atoms. The zero-order valence-corrected chi connectivity index (χ0v) is 18.2. The molecule has 0 saturated carbocycles. The number of carbonyl (C=O) groups excluding carboxylic acids is 1. The minimum atomic E-state index is 0.221. The number of nitrogens with one attached hydrogen (secondary N) is 2. The van der Waals surface area contributed by atoms with Crippen molar-refractivity contribution in [1.82, 2.24) is 25.1 Å². The molecule has 7 nitrogen and oxygen atoms in total. The number of benzene rings is 1. The third-order valence-electron chi connectivity index (χ3n) is 5.42. The molecule has 0 radical (unpaired) electrons. The van der Waals surface area contributed by atoms with Crippen LogP contribution in [0.15, 0.2) is 47.7 Å². The summed E-state index contributed by atoms with van der Waals surface area (Å²) in [7, 11) is 0. The predicted octanol–water partition coefficient (Wildman–Crippen LogP) is 2.58. The SMILES string of the molecule is CCNC(=NCc1nccn1CCCc1ccccc1)NC1CCN(C(=O)CC)C1. The van der Waals surface area contributed by atoms with Gasteiger partial charge in [0.05, 0.1) is 0 Å². The van der Waals surface area contributed by atoms with E-state index < -0.39 is 0 Å². The summed E-state index contributed by atoms with van der Waals surface area (Å²) < 4.78 is 2.19. The molecule has 1 amide bonds. The largest absolute Gasteiger partial charge is 0.357 e. The molecule has 3 rings (SSSR count). The molecule has 1 unspecified atom stereocenters.